The van der Waals surface area contributed by atoms with E-state index in [1.54, 1.807) is 0 Å². The van der Waals surface area contributed by atoms with E-state index < -0.39 is 0 Å². The summed E-state index contributed by atoms with van der Waals surface area (Å²) in [6, 6.07) is 0. The third kappa shape index (κ3) is 576. The summed E-state index contributed by atoms with van der Waals surface area (Å²) in [6.07, 6.45) is 0. The molecule has 0 radical (unpaired) electrons. The van der Waals surface area contributed by atoms with Crippen LogP contribution in [0.1, 0.15) is 14.3 Å². The van der Waals surface area contributed by atoms with Crippen LogP contribution in [0.3, 0.4) is 0 Å². The normalized spacial score (nSPS) is 2.17. The number of hydrogen-bond donors (Lipinski definition) is 13. The molecular formula is H23Cl13Na10O13. The topological polar surface area (TPSA) is 263 Å². The first-order valence-electron chi connectivity index (χ1n) is 2.20. The van der Waals surface area contributed by atoms with Crippen molar-refractivity contribution < 1.29 is 370 Å². The molecule has 0 aromatic rings. The second kappa shape index (κ2) is 614. The summed E-state index contributed by atoms with van der Waals surface area (Å²) in [6.45, 7) is 0. The van der Waals surface area contributed by atoms with Gasteiger partial charge in [0.15, 0.2) is 0 Å². The molecule has 0 bridgehead atoms. The molecule has 0 rings (SSSR count). The van der Waals surface area contributed by atoms with Crippen molar-refractivity contribution in [3.8, 4) is 0 Å². The third-order valence-electron chi connectivity index (χ3n) is 0. The first-order chi connectivity index (χ1) is 13.0. The maximum Gasteiger partial charge on any atom is 1.00 e. The molecule has 0 aliphatic carbocycles. The summed E-state index contributed by atoms with van der Waals surface area (Å²) in [5, 5.41) is 0. The van der Waals surface area contributed by atoms with Crippen LogP contribution < -0.4 is 296 Å². The second-order valence-corrected chi connectivity index (χ2v) is 0. The summed E-state index contributed by atoms with van der Waals surface area (Å²) in [5.41, 5.74) is 0. The second-order valence-electron chi connectivity index (χ2n) is 0. The average molecular weight is 922 g/mol. The van der Waals surface area contributed by atoms with Gasteiger partial charge < -0.3 is 14.3 Å². The Labute approximate surface area is 512 Å². The Morgan fingerprint density at radius 3 is 0.139 bits per heavy atom. The van der Waals surface area contributed by atoms with Gasteiger partial charge in [-0.1, -0.05) is 0 Å². The molecule has 0 aromatic heterocycles. The maximum absolute atomic E-state index is 6.47. The van der Waals surface area contributed by atoms with Crippen molar-refractivity contribution in [3.05, 3.63) is 0 Å². The Morgan fingerprint density at radius 2 is 0.139 bits per heavy atom. The van der Waals surface area contributed by atoms with Crippen LogP contribution in [-0.4, -0.2) is 60.6 Å². The molecule has 0 spiro atoms. The number of rotatable bonds is 0. The Balaban J connectivity index is -0.00000000124. The molecule has 0 heterocycles. The summed E-state index contributed by atoms with van der Waals surface area (Å²) >= 11 is 47.3. The summed E-state index contributed by atoms with van der Waals surface area (Å²) < 4.78 is 84.1. The number of hydrogen-bond acceptors (Lipinski definition) is 13. The van der Waals surface area contributed by atoms with Gasteiger partial charge in [-0.3, -0.25) is 60.6 Å². The van der Waals surface area contributed by atoms with Gasteiger partial charge in [0, 0.05) is 0 Å². The summed E-state index contributed by atoms with van der Waals surface area (Å²) in [5.74, 6) is 0. The zero-order chi connectivity index (χ0) is 26.0. The minimum atomic E-state index is 0. The van der Waals surface area contributed by atoms with Crippen LogP contribution in [0.15, 0.2) is 0 Å². The van der Waals surface area contributed by atoms with Gasteiger partial charge in [-0.05, 0) is 0 Å². The maximum atomic E-state index is 6.47. The largest absolute Gasteiger partial charge is 1.00 e. The molecule has 13 nitrogen and oxygen atoms in total. The monoisotopic (exact) mass is 916 g/mol. The average Bonchev–Trinajstić information content (AvgIpc) is 2.90. The van der Waals surface area contributed by atoms with Gasteiger partial charge in [-0.15, -0.1) is 0 Å². The molecule has 0 aromatic carbocycles. The van der Waals surface area contributed by atoms with Gasteiger partial charge >= 0.3 is 296 Å². The molecule has 0 aliphatic heterocycles. The van der Waals surface area contributed by atoms with E-state index in [9.17, 15) is 0 Å². The van der Waals surface area contributed by atoms with Gasteiger partial charge in [0.05, 0.1) is 154 Å². The van der Waals surface area contributed by atoms with Crippen LogP contribution in [0, 0.1) is 0 Å². The fraction of sp³-hybridized carbons (Fsp3) is 0. The smallest absolute Gasteiger partial charge is 1.00 e. The first kappa shape index (κ1) is 166. The molecule has 13 N–H and O–H groups in total. The summed E-state index contributed by atoms with van der Waals surface area (Å²) in [7, 11) is 0. The Hall–Kier alpha value is 13.2. The van der Waals surface area contributed by atoms with Crippen molar-refractivity contribution in [3.63, 3.8) is 0 Å². The predicted molar refractivity (Wildman–Crippen MR) is 116 cm³/mol. The van der Waals surface area contributed by atoms with Crippen molar-refractivity contribution in [2.75, 3.05) is 0 Å². The van der Waals surface area contributed by atoms with E-state index in [1.807, 2.05) is 0 Å². The van der Waals surface area contributed by atoms with E-state index in [2.05, 4.69) is 154 Å². The van der Waals surface area contributed by atoms with Crippen LogP contribution in [-0.2, 0) is 0 Å². The molecule has 0 saturated carbocycles. The van der Waals surface area contributed by atoms with E-state index in [1.165, 1.54) is 0 Å². The zero-order valence-corrected chi connectivity index (χ0v) is 50.6. The minimum Gasteiger partial charge on any atom is -1.00 e. The first-order valence-corrected chi connectivity index (χ1v) is 6.59. The standard InChI is InChI=1S/13ClHO.10Na.10H/c13*1-2;;;;;;;;;;;;;;;;;;;;/h13*2H;;;;;;;;;;;;;;;;;;;;/q;;;;;;;;;;;;;10*+1;10*-1. The molecule has 36 heavy (non-hydrogen) atoms. The minimum absolute atomic E-state index is 0. The van der Waals surface area contributed by atoms with Crippen LogP contribution in [0.2, 0.25) is 0 Å². The molecule has 0 atom stereocenters. The molecule has 36 heteroatoms. The van der Waals surface area contributed by atoms with Gasteiger partial charge in [0.2, 0.25) is 0 Å². The molecule has 0 amide bonds. The van der Waals surface area contributed by atoms with Crippen molar-refractivity contribution >= 4 is 154 Å². The molecule has 0 fully saturated rings. The van der Waals surface area contributed by atoms with Crippen molar-refractivity contribution in [2.45, 2.75) is 0 Å². The SMILES string of the molecule is OCl.OCl.OCl.OCl.OCl.OCl.OCl.OCl.OCl.OCl.OCl.OCl.OCl.[H-].[H-].[H-].[H-].[H-].[H-].[H-].[H-].[H-].[H-].[Na+].[Na+].[Na+].[Na+].[Na+].[Na+].[Na+].[Na+].[Na+].[Na+]. The van der Waals surface area contributed by atoms with E-state index in [0.29, 0.717) is 0 Å². The molecule has 202 valence electrons. The van der Waals surface area contributed by atoms with E-state index in [-0.39, 0.29) is 310 Å². The molecular weight excluding hydrogens is 899 g/mol. The van der Waals surface area contributed by atoms with Crippen molar-refractivity contribution in [1.29, 1.82) is 0 Å². The van der Waals surface area contributed by atoms with Gasteiger partial charge in [0.25, 0.3) is 0 Å². The van der Waals surface area contributed by atoms with Crippen molar-refractivity contribution in [1.82, 2.24) is 0 Å². The van der Waals surface area contributed by atoms with E-state index >= 15 is 0 Å². The number of halogens is 13. The fourth-order valence-electron chi connectivity index (χ4n) is 0. The molecule has 0 saturated heterocycles. The van der Waals surface area contributed by atoms with E-state index in [0.717, 1.165) is 0 Å². The van der Waals surface area contributed by atoms with Crippen LogP contribution in [0.4, 0.5) is 0 Å². The van der Waals surface area contributed by atoms with Gasteiger partial charge in [-0.2, -0.15) is 0 Å². The van der Waals surface area contributed by atoms with Crippen molar-refractivity contribution in [2.24, 2.45) is 0 Å². The third-order valence-corrected chi connectivity index (χ3v) is 0. The van der Waals surface area contributed by atoms with E-state index in [4.69, 9.17) is 60.6 Å². The van der Waals surface area contributed by atoms with Crippen LogP contribution in [0.25, 0.3) is 0 Å². The van der Waals surface area contributed by atoms with Crippen LogP contribution >= 0.6 is 154 Å². The molecule has 0 unspecified atom stereocenters. The molecule has 0 aliphatic rings. The summed E-state index contributed by atoms with van der Waals surface area (Å²) in [4.78, 5) is 0. The van der Waals surface area contributed by atoms with Gasteiger partial charge in [-0.25, -0.2) is 0 Å². The quantitative estimate of drug-likeness (QED) is 0.101. The Bertz CT molecular complexity index is 91.4. The van der Waals surface area contributed by atoms with Gasteiger partial charge in [0.1, 0.15) is 0 Å². The zero-order valence-electron chi connectivity index (χ0n) is 30.7. The Morgan fingerprint density at radius 1 is 0.139 bits per heavy atom. The Kier molecular flexibility index (Phi) is 2840. The fourth-order valence-corrected chi connectivity index (χ4v) is 0. The van der Waals surface area contributed by atoms with Crippen LogP contribution in [0.5, 0.6) is 0 Å². The predicted octanol–water partition coefficient (Wildman–Crippen LogP) is -27.1.